The molecule has 1 amide bonds. The van der Waals surface area contributed by atoms with Crippen molar-refractivity contribution in [3.8, 4) is 6.07 Å². The van der Waals surface area contributed by atoms with E-state index in [-0.39, 0.29) is 18.1 Å². The number of nitrogens with one attached hydrogen (secondary N) is 1. The molecule has 0 saturated carbocycles. The summed E-state index contributed by atoms with van der Waals surface area (Å²) in [4.78, 5) is 15.7. The van der Waals surface area contributed by atoms with Gasteiger partial charge in [0.2, 0.25) is 0 Å². The van der Waals surface area contributed by atoms with E-state index in [4.69, 9.17) is 5.26 Å². The lowest BCUT2D eigenvalue weighted by molar-refractivity contribution is 0.0946. The molecule has 0 fully saturated rings. The second-order valence-electron chi connectivity index (χ2n) is 3.85. The molecule has 0 atom stereocenters. The van der Waals surface area contributed by atoms with Crippen molar-refractivity contribution in [1.29, 1.82) is 5.26 Å². The van der Waals surface area contributed by atoms with Crippen LogP contribution in [0, 0.1) is 17.1 Å². The molecule has 0 aliphatic carbocycles. The van der Waals surface area contributed by atoms with E-state index >= 15 is 0 Å². The lowest BCUT2D eigenvalue weighted by Crippen LogP contribution is -2.23. The van der Waals surface area contributed by atoms with E-state index in [2.05, 4.69) is 10.3 Å². The van der Waals surface area contributed by atoms with Crippen LogP contribution in [0.4, 0.5) is 4.39 Å². The minimum atomic E-state index is -0.402. The molecule has 1 N–H and O–H groups in total. The molecule has 0 aliphatic rings. The first kappa shape index (κ1) is 12.7. The molecule has 2 aromatic rings. The molecule has 0 aliphatic heterocycles. The van der Waals surface area contributed by atoms with Gasteiger partial charge in [-0.2, -0.15) is 5.26 Å². The van der Waals surface area contributed by atoms with Gasteiger partial charge in [-0.25, -0.2) is 4.39 Å². The van der Waals surface area contributed by atoms with Gasteiger partial charge in [0.15, 0.2) is 0 Å². The number of nitriles is 1. The van der Waals surface area contributed by atoms with Gasteiger partial charge in [0.25, 0.3) is 5.91 Å². The molecule has 0 bridgehead atoms. The zero-order chi connectivity index (χ0) is 13.7. The summed E-state index contributed by atoms with van der Waals surface area (Å²) >= 11 is 0. The number of pyridine rings is 1. The van der Waals surface area contributed by atoms with Crippen LogP contribution in [0.15, 0.2) is 42.6 Å². The fraction of sp³-hybridized carbons (Fsp3) is 0.0714. The van der Waals surface area contributed by atoms with Crippen LogP contribution >= 0.6 is 0 Å². The smallest absolute Gasteiger partial charge is 0.270 e. The maximum absolute atomic E-state index is 13.0. The van der Waals surface area contributed by atoms with Crippen LogP contribution in [0.1, 0.15) is 21.6 Å². The second kappa shape index (κ2) is 5.74. The van der Waals surface area contributed by atoms with E-state index in [1.54, 1.807) is 12.1 Å². The molecule has 1 heterocycles. The van der Waals surface area contributed by atoms with Crippen LogP contribution in [0.2, 0.25) is 0 Å². The van der Waals surface area contributed by atoms with Crippen LogP contribution in [-0.4, -0.2) is 10.9 Å². The Morgan fingerprint density at radius 3 is 2.95 bits per heavy atom. The quantitative estimate of drug-likeness (QED) is 0.912. The van der Waals surface area contributed by atoms with Gasteiger partial charge in [0, 0.05) is 12.7 Å². The molecule has 0 radical (unpaired) electrons. The lowest BCUT2D eigenvalue weighted by Gasteiger charge is -2.05. The Hall–Kier alpha value is -2.74. The Morgan fingerprint density at radius 2 is 2.21 bits per heavy atom. The highest BCUT2D eigenvalue weighted by atomic mass is 19.1. The van der Waals surface area contributed by atoms with E-state index in [0.29, 0.717) is 11.1 Å². The van der Waals surface area contributed by atoms with Crippen molar-refractivity contribution in [2.24, 2.45) is 0 Å². The third-order valence-corrected chi connectivity index (χ3v) is 2.46. The maximum atomic E-state index is 13.0. The molecule has 2 rings (SSSR count). The van der Waals surface area contributed by atoms with Crippen LogP contribution in [-0.2, 0) is 6.54 Å². The molecule has 4 nitrogen and oxygen atoms in total. The van der Waals surface area contributed by atoms with E-state index < -0.39 is 5.91 Å². The van der Waals surface area contributed by atoms with Gasteiger partial charge in [-0.3, -0.25) is 9.78 Å². The minimum Gasteiger partial charge on any atom is -0.347 e. The van der Waals surface area contributed by atoms with E-state index in [9.17, 15) is 9.18 Å². The average molecular weight is 255 g/mol. The van der Waals surface area contributed by atoms with Gasteiger partial charge >= 0.3 is 0 Å². The number of hydrogen-bond acceptors (Lipinski definition) is 3. The van der Waals surface area contributed by atoms with Crippen molar-refractivity contribution in [3.05, 3.63) is 65.2 Å². The predicted molar refractivity (Wildman–Crippen MR) is 66.5 cm³/mol. The van der Waals surface area contributed by atoms with Gasteiger partial charge in [0.05, 0.1) is 11.6 Å². The van der Waals surface area contributed by atoms with E-state index in [0.717, 1.165) is 0 Å². The second-order valence-corrected chi connectivity index (χ2v) is 3.85. The van der Waals surface area contributed by atoms with Gasteiger partial charge < -0.3 is 5.32 Å². The highest BCUT2D eigenvalue weighted by Gasteiger charge is 2.07. The highest BCUT2D eigenvalue weighted by Crippen LogP contribution is 2.04. The normalized spacial score (nSPS) is 9.68. The first-order valence-electron chi connectivity index (χ1n) is 5.58. The van der Waals surface area contributed by atoms with Crippen LogP contribution in [0.5, 0.6) is 0 Å². The van der Waals surface area contributed by atoms with Crippen LogP contribution in [0.25, 0.3) is 0 Å². The van der Waals surface area contributed by atoms with Gasteiger partial charge in [0.1, 0.15) is 11.5 Å². The monoisotopic (exact) mass is 255 g/mol. The summed E-state index contributed by atoms with van der Waals surface area (Å²) in [5.41, 5.74) is 1.19. The fourth-order valence-electron chi connectivity index (χ4n) is 1.54. The summed E-state index contributed by atoms with van der Waals surface area (Å²) in [6.07, 6.45) is 1.40. The predicted octanol–water partition coefficient (Wildman–Crippen LogP) is 2.02. The van der Waals surface area contributed by atoms with Crippen LogP contribution < -0.4 is 5.32 Å². The lowest BCUT2D eigenvalue weighted by atomic mass is 10.2. The first-order chi connectivity index (χ1) is 9.19. The number of nitrogens with zero attached hydrogens (tertiary/aromatic N) is 2. The molecule has 0 saturated heterocycles. The number of carbonyl (C=O) groups excluding carboxylic acids is 1. The number of rotatable bonds is 3. The number of benzene rings is 1. The van der Waals surface area contributed by atoms with Gasteiger partial charge in [-0.05, 0) is 29.8 Å². The SMILES string of the molecule is N#Cc1ccnc(C(=O)NCc2cccc(F)c2)c1. The Labute approximate surface area is 109 Å². The minimum absolute atomic E-state index is 0.162. The maximum Gasteiger partial charge on any atom is 0.270 e. The molecular weight excluding hydrogens is 245 g/mol. The number of carbonyl (C=O) groups is 1. The molecular formula is C14H10FN3O. The van der Waals surface area contributed by atoms with Crippen molar-refractivity contribution in [1.82, 2.24) is 10.3 Å². The van der Waals surface area contributed by atoms with Crippen molar-refractivity contribution >= 4 is 5.91 Å². The number of hydrogen-bond donors (Lipinski definition) is 1. The zero-order valence-corrected chi connectivity index (χ0v) is 9.93. The third-order valence-electron chi connectivity index (χ3n) is 2.46. The summed E-state index contributed by atoms with van der Waals surface area (Å²) in [7, 11) is 0. The van der Waals surface area contributed by atoms with Gasteiger partial charge in [-0.15, -0.1) is 0 Å². The van der Waals surface area contributed by atoms with E-state index in [1.165, 1.54) is 30.5 Å². The summed E-state index contributed by atoms with van der Waals surface area (Å²) in [5.74, 6) is -0.752. The average Bonchev–Trinajstić information content (AvgIpc) is 2.45. The van der Waals surface area contributed by atoms with E-state index in [1.807, 2.05) is 6.07 Å². The van der Waals surface area contributed by atoms with Gasteiger partial charge in [-0.1, -0.05) is 12.1 Å². The summed E-state index contributed by atoms with van der Waals surface area (Å²) in [6, 6.07) is 10.8. The summed E-state index contributed by atoms with van der Waals surface area (Å²) in [5, 5.41) is 11.3. The number of halogens is 1. The Morgan fingerprint density at radius 1 is 1.37 bits per heavy atom. The zero-order valence-electron chi connectivity index (χ0n) is 9.93. The van der Waals surface area contributed by atoms with Crippen molar-refractivity contribution in [2.75, 3.05) is 0 Å². The molecule has 0 unspecified atom stereocenters. The summed E-state index contributed by atoms with van der Waals surface area (Å²) in [6.45, 7) is 0.203. The molecule has 1 aromatic heterocycles. The molecule has 5 heteroatoms. The molecule has 94 valence electrons. The van der Waals surface area contributed by atoms with Crippen molar-refractivity contribution in [3.63, 3.8) is 0 Å². The third kappa shape index (κ3) is 3.36. The Bertz CT molecular complexity index is 649. The number of aromatic nitrogens is 1. The molecule has 1 aromatic carbocycles. The molecule has 0 spiro atoms. The van der Waals surface area contributed by atoms with Crippen molar-refractivity contribution in [2.45, 2.75) is 6.54 Å². The first-order valence-corrected chi connectivity index (χ1v) is 5.58. The highest BCUT2D eigenvalue weighted by molar-refractivity contribution is 5.92. The Kier molecular flexibility index (Phi) is 3.84. The number of amides is 1. The standard InChI is InChI=1S/C14H10FN3O/c15-12-3-1-2-11(6-12)9-18-14(19)13-7-10(8-16)4-5-17-13/h1-7H,9H2,(H,18,19). The van der Waals surface area contributed by atoms with Crippen LogP contribution in [0.3, 0.4) is 0 Å². The molecule has 19 heavy (non-hydrogen) atoms. The Balaban J connectivity index is 2.03. The topological polar surface area (TPSA) is 65.8 Å². The largest absolute Gasteiger partial charge is 0.347 e. The fourth-order valence-corrected chi connectivity index (χ4v) is 1.54. The van der Waals surface area contributed by atoms with Crippen molar-refractivity contribution < 1.29 is 9.18 Å². The summed E-state index contributed by atoms with van der Waals surface area (Å²) < 4.78 is 13.0.